The highest BCUT2D eigenvalue weighted by Gasteiger charge is 2.19. The molecule has 2 aromatic carbocycles. The number of hydrogen-bond acceptors (Lipinski definition) is 3. The van der Waals surface area contributed by atoms with Gasteiger partial charge in [-0.2, -0.15) is 0 Å². The van der Waals surface area contributed by atoms with E-state index in [1.165, 1.54) is 30.1 Å². The normalized spacial score (nSPS) is 10.6. The number of halogens is 2. The number of carbonyl (C=O) groups excluding carboxylic acids is 1. The first kappa shape index (κ1) is 16.5. The Morgan fingerprint density at radius 3 is 2.67 bits per heavy atom. The molecule has 0 bridgehead atoms. The molecule has 1 amide bonds. The maximum absolute atomic E-state index is 14.0. The third-order valence-corrected chi connectivity index (χ3v) is 4.30. The number of rotatable bonds is 4. The van der Waals surface area contributed by atoms with E-state index in [2.05, 4.69) is 10.3 Å². The van der Waals surface area contributed by atoms with E-state index in [-0.39, 0.29) is 10.7 Å². The molecule has 0 atom stereocenters. The summed E-state index contributed by atoms with van der Waals surface area (Å²) < 4.78 is 15.7. The van der Waals surface area contributed by atoms with Gasteiger partial charge in [-0.25, -0.2) is 9.37 Å². The first-order chi connectivity index (χ1) is 11.6. The molecule has 0 aliphatic heterocycles. The lowest BCUT2D eigenvalue weighted by molar-refractivity contribution is 0.101. The minimum Gasteiger partial charge on any atom is -0.318 e. The van der Waals surface area contributed by atoms with E-state index in [4.69, 9.17) is 11.6 Å². The zero-order valence-corrected chi connectivity index (χ0v) is 14.2. The Kier molecular flexibility index (Phi) is 4.87. The topological polar surface area (TPSA) is 46.9 Å². The van der Waals surface area contributed by atoms with Crippen molar-refractivity contribution < 1.29 is 9.18 Å². The smallest absolute Gasteiger partial charge is 0.274 e. The number of thioether (sulfide) groups is 1. The zero-order valence-electron chi connectivity index (χ0n) is 12.7. The molecule has 1 aromatic heterocycles. The molecule has 122 valence electrons. The molecule has 0 saturated carbocycles. The fourth-order valence-corrected chi connectivity index (χ4v) is 2.97. The van der Waals surface area contributed by atoms with E-state index in [0.29, 0.717) is 10.9 Å². The molecule has 0 fully saturated rings. The van der Waals surface area contributed by atoms with Crippen LogP contribution in [0.3, 0.4) is 0 Å². The lowest BCUT2D eigenvalue weighted by atomic mass is 10.2. The lowest BCUT2D eigenvalue weighted by Crippen LogP contribution is -2.17. The van der Waals surface area contributed by atoms with Gasteiger partial charge >= 0.3 is 0 Å². The van der Waals surface area contributed by atoms with Crippen LogP contribution in [0.1, 0.15) is 10.5 Å². The van der Waals surface area contributed by atoms with Gasteiger partial charge in [-0.1, -0.05) is 47.6 Å². The van der Waals surface area contributed by atoms with Gasteiger partial charge in [0, 0.05) is 5.69 Å². The number of benzene rings is 2. The summed E-state index contributed by atoms with van der Waals surface area (Å²) in [6, 6.07) is 13.8. The van der Waals surface area contributed by atoms with Crippen molar-refractivity contribution >= 4 is 35.0 Å². The van der Waals surface area contributed by atoms with Gasteiger partial charge in [0.2, 0.25) is 0 Å². The number of para-hydroxylation sites is 1. The van der Waals surface area contributed by atoms with Gasteiger partial charge in [-0.05, 0) is 30.5 Å². The molecule has 0 spiro atoms. The van der Waals surface area contributed by atoms with Crippen LogP contribution in [0, 0.1) is 5.82 Å². The highest BCUT2D eigenvalue weighted by molar-refractivity contribution is 7.98. The molecule has 0 aliphatic carbocycles. The summed E-state index contributed by atoms with van der Waals surface area (Å²) in [5.74, 6) is -1.13. The second kappa shape index (κ2) is 7.07. The predicted molar refractivity (Wildman–Crippen MR) is 94.7 cm³/mol. The van der Waals surface area contributed by atoms with Crippen molar-refractivity contribution in [1.29, 1.82) is 0 Å². The van der Waals surface area contributed by atoms with E-state index >= 15 is 0 Å². The van der Waals surface area contributed by atoms with Crippen LogP contribution in [0.2, 0.25) is 5.02 Å². The standard InChI is InChI=1S/C17H13ClFN3OS/c1-24-17-20-10-14(22(17)11-6-3-2-4-7-11)16(23)21-13-9-5-8-12(18)15(13)19/h2-10H,1H3,(H,21,23). The maximum atomic E-state index is 14.0. The van der Waals surface area contributed by atoms with Crippen molar-refractivity contribution in [1.82, 2.24) is 9.55 Å². The maximum Gasteiger partial charge on any atom is 0.274 e. The second-order valence-electron chi connectivity index (χ2n) is 4.86. The molecule has 3 rings (SSSR count). The van der Waals surface area contributed by atoms with Crippen molar-refractivity contribution in [2.75, 3.05) is 11.6 Å². The average molecular weight is 362 g/mol. The molecular formula is C17H13ClFN3OS. The Balaban J connectivity index is 1.99. The molecule has 24 heavy (non-hydrogen) atoms. The van der Waals surface area contributed by atoms with Gasteiger partial charge in [-0.15, -0.1) is 0 Å². The Bertz CT molecular complexity index is 883. The first-order valence-electron chi connectivity index (χ1n) is 7.04. The average Bonchev–Trinajstić information content (AvgIpc) is 3.04. The summed E-state index contributed by atoms with van der Waals surface area (Å²) in [7, 11) is 0. The number of hydrogen-bond donors (Lipinski definition) is 1. The van der Waals surface area contributed by atoms with E-state index in [1.54, 1.807) is 10.6 Å². The van der Waals surface area contributed by atoms with Crippen LogP contribution in [0.15, 0.2) is 59.9 Å². The third kappa shape index (κ3) is 3.16. The van der Waals surface area contributed by atoms with Crippen LogP contribution in [-0.2, 0) is 0 Å². The van der Waals surface area contributed by atoms with E-state index in [1.807, 2.05) is 36.6 Å². The molecule has 0 aliphatic rings. The lowest BCUT2D eigenvalue weighted by Gasteiger charge is -2.11. The first-order valence-corrected chi connectivity index (χ1v) is 8.64. The van der Waals surface area contributed by atoms with Crippen molar-refractivity contribution in [3.63, 3.8) is 0 Å². The van der Waals surface area contributed by atoms with Crippen LogP contribution in [-0.4, -0.2) is 21.7 Å². The number of nitrogens with zero attached hydrogens (tertiary/aromatic N) is 2. The summed E-state index contributed by atoms with van der Waals surface area (Å²) >= 11 is 7.17. The highest BCUT2D eigenvalue weighted by atomic mass is 35.5. The SMILES string of the molecule is CSc1ncc(C(=O)Nc2cccc(Cl)c2F)n1-c1ccccc1. The van der Waals surface area contributed by atoms with Crippen LogP contribution in [0.5, 0.6) is 0 Å². The summed E-state index contributed by atoms with van der Waals surface area (Å²) in [5.41, 5.74) is 1.14. The van der Waals surface area contributed by atoms with Crippen LogP contribution >= 0.6 is 23.4 Å². The monoisotopic (exact) mass is 361 g/mol. The number of anilines is 1. The van der Waals surface area contributed by atoms with Gasteiger partial charge in [0.25, 0.3) is 5.91 Å². The second-order valence-corrected chi connectivity index (χ2v) is 6.04. The van der Waals surface area contributed by atoms with Gasteiger partial charge < -0.3 is 5.32 Å². The largest absolute Gasteiger partial charge is 0.318 e. The van der Waals surface area contributed by atoms with Gasteiger partial charge in [0.15, 0.2) is 11.0 Å². The van der Waals surface area contributed by atoms with Crippen LogP contribution in [0.4, 0.5) is 10.1 Å². The Hall–Kier alpha value is -2.31. The molecule has 1 N–H and O–H groups in total. The Morgan fingerprint density at radius 1 is 1.21 bits per heavy atom. The minimum absolute atomic E-state index is 0.0269. The van der Waals surface area contributed by atoms with E-state index in [9.17, 15) is 9.18 Å². The zero-order chi connectivity index (χ0) is 17.1. The number of imidazole rings is 1. The molecular weight excluding hydrogens is 349 g/mol. The van der Waals surface area contributed by atoms with E-state index in [0.717, 1.165) is 5.69 Å². The van der Waals surface area contributed by atoms with Gasteiger partial charge in [-0.3, -0.25) is 9.36 Å². The molecule has 3 aromatic rings. The van der Waals surface area contributed by atoms with Gasteiger partial charge in [0.1, 0.15) is 5.69 Å². The fourth-order valence-electron chi connectivity index (χ4n) is 2.25. The number of amides is 1. The molecule has 0 radical (unpaired) electrons. The Labute approximate surface area is 147 Å². The number of nitrogens with one attached hydrogen (secondary N) is 1. The Morgan fingerprint density at radius 2 is 1.96 bits per heavy atom. The van der Waals surface area contributed by atoms with Gasteiger partial charge in [0.05, 0.1) is 16.9 Å². The predicted octanol–water partition coefficient (Wildman–Crippen LogP) is 4.64. The van der Waals surface area contributed by atoms with Crippen molar-refractivity contribution in [3.8, 4) is 5.69 Å². The van der Waals surface area contributed by atoms with Crippen molar-refractivity contribution in [3.05, 3.63) is 71.3 Å². The van der Waals surface area contributed by atoms with E-state index < -0.39 is 11.7 Å². The summed E-state index contributed by atoms with van der Waals surface area (Å²) in [6.45, 7) is 0. The quantitative estimate of drug-likeness (QED) is 0.689. The highest BCUT2D eigenvalue weighted by Crippen LogP contribution is 2.25. The summed E-state index contributed by atoms with van der Waals surface area (Å²) in [4.78, 5) is 16.9. The van der Waals surface area contributed by atoms with Crippen molar-refractivity contribution in [2.24, 2.45) is 0 Å². The fraction of sp³-hybridized carbons (Fsp3) is 0.0588. The van der Waals surface area contributed by atoms with Crippen molar-refractivity contribution in [2.45, 2.75) is 5.16 Å². The number of aromatic nitrogens is 2. The molecule has 0 saturated heterocycles. The summed E-state index contributed by atoms with van der Waals surface area (Å²) in [6.07, 6.45) is 3.34. The third-order valence-electron chi connectivity index (χ3n) is 3.36. The molecule has 4 nitrogen and oxygen atoms in total. The molecule has 7 heteroatoms. The number of carbonyl (C=O) groups is 1. The summed E-state index contributed by atoms with van der Waals surface area (Å²) in [5, 5.41) is 3.16. The molecule has 1 heterocycles. The van der Waals surface area contributed by atoms with Crippen LogP contribution in [0.25, 0.3) is 5.69 Å². The minimum atomic E-state index is -0.664. The van der Waals surface area contributed by atoms with Crippen LogP contribution < -0.4 is 5.32 Å². The molecule has 0 unspecified atom stereocenters.